The lowest BCUT2D eigenvalue weighted by molar-refractivity contribution is -0.274. The summed E-state index contributed by atoms with van der Waals surface area (Å²) in [4.78, 5) is 0.137. The SMILES string of the molecule is N#Cc1ccc(S(=O)[C@H]2CN(S(=O)c3ccc(OC(F)(F)F)cc3Cl)CC2CO)cc1F. The van der Waals surface area contributed by atoms with E-state index in [0.717, 1.165) is 24.3 Å². The van der Waals surface area contributed by atoms with Crippen molar-refractivity contribution in [2.24, 2.45) is 5.92 Å². The van der Waals surface area contributed by atoms with Crippen LogP contribution < -0.4 is 4.74 Å². The van der Waals surface area contributed by atoms with Crippen molar-refractivity contribution in [1.82, 2.24) is 4.31 Å². The Morgan fingerprint density at radius 3 is 2.50 bits per heavy atom. The Balaban J connectivity index is 1.79. The number of nitriles is 1. The van der Waals surface area contributed by atoms with Gasteiger partial charge in [-0.05, 0) is 30.3 Å². The summed E-state index contributed by atoms with van der Waals surface area (Å²) in [5.41, 5.74) is -0.203. The molecule has 0 radical (unpaired) electrons. The van der Waals surface area contributed by atoms with Crippen LogP contribution in [0.5, 0.6) is 5.75 Å². The van der Waals surface area contributed by atoms with Gasteiger partial charge in [-0.3, -0.25) is 4.21 Å². The average Bonchev–Trinajstić information content (AvgIpc) is 3.16. The minimum Gasteiger partial charge on any atom is -0.406 e. The molecular weight excluding hydrogens is 496 g/mol. The minimum atomic E-state index is -4.91. The van der Waals surface area contributed by atoms with Crippen LogP contribution in [0.2, 0.25) is 5.02 Å². The van der Waals surface area contributed by atoms with Crippen molar-refractivity contribution in [3.05, 3.63) is 52.8 Å². The predicted molar refractivity (Wildman–Crippen MR) is 108 cm³/mol. The number of alkyl halides is 3. The zero-order valence-electron chi connectivity index (χ0n) is 16.0. The second-order valence-electron chi connectivity index (χ2n) is 6.77. The number of nitrogens with zero attached hydrogens (tertiary/aromatic N) is 2. The minimum absolute atomic E-state index is 0.0107. The van der Waals surface area contributed by atoms with Gasteiger partial charge in [0.05, 0.1) is 31.5 Å². The maximum atomic E-state index is 13.9. The van der Waals surface area contributed by atoms with Crippen LogP contribution in [0.15, 0.2) is 46.2 Å². The summed E-state index contributed by atoms with van der Waals surface area (Å²) in [6.07, 6.45) is -4.91. The summed E-state index contributed by atoms with van der Waals surface area (Å²) < 4.78 is 82.1. The standard InChI is InChI=1S/C19H15ClF4N2O4S2/c20-15-5-13(30-19(22,23)24)2-4-17(15)32(29)26-8-12(10-27)18(9-26)31(28)14-3-1-11(7-25)16(21)6-14/h1-6,12,18,27H,8-10H2/t12?,18-,31?,32?/m0/s1. The molecule has 1 aliphatic rings. The fourth-order valence-corrected chi connectivity index (χ4v) is 6.59. The highest BCUT2D eigenvalue weighted by atomic mass is 35.5. The molecule has 4 atom stereocenters. The van der Waals surface area contributed by atoms with Gasteiger partial charge in [-0.2, -0.15) is 5.26 Å². The molecule has 32 heavy (non-hydrogen) atoms. The summed E-state index contributed by atoms with van der Waals surface area (Å²) in [6, 6.07) is 8.19. The Labute approximate surface area is 190 Å². The van der Waals surface area contributed by atoms with E-state index in [1.165, 1.54) is 16.4 Å². The lowest BCUT2D eigenvalue weighted by atomic mass is 10.1. The van der Waals surface area contributed by atoms with Gasteiger partial charge in [-0.1, -0.05) is 11.6 Å². The van der Waals surface area contributed by atoms with E-state index in [2.05, 4.69) is 4.74 Å². The van der Waals surface area contributed by atoms with E-state index in [1.807, 2.05) is 0 Å². The topological polar surface area (TPSA) is 90.6 Å². The third-order valence-corrected chi connectivity index (χ3v) is 8.44. The van der Waals surface area contributed by atoms with Gasteiger partial charge in [0.2, 0.25) is 0 Å². The lowest BCUT2D eigenvalue weighted by Gasteiger charge is -2.17. The van der Waals surface area contributed by atoms with Crippen molar-refractivity contribution < 1.29 is 35.8 Å². The van der Waals surface area contributed by atoms with Crippen molar-refractivity contribution >= 4 is 33.4 Å². The Morgan fingerprint density at radius 1 is 1.22 bits per heavy atom. The third-order valence-electron chi connectivity index (χ3n) is 4.71. The van der Waals surface area contributed by atoms with Gasteiger partial charge < -0.3 is 9.84 Å². The van der Waals surface area contributed by atoms with E-state index < -0.39 is 50.9 Å². The largest absolute Gasteiger partial charge is 0.573 e. The first-order valence-corrected chi connectivity index (χ1v) is 11.7. The molecular formula is C19H15ClF4N2O4S2. The summed E-state index contributed by atoms with van der Waals surface area (Å²) in [7, 11) is -3.71. The Hall–Kier alpha value is -2.04. The number of hydrogen-bond donors (Lipinski definition) is 1. The fraction of sp³-hybridized carbons (Fsp3) is 0.316. The molecule has 1 N–H and O–H groups in total. The molecule has 172 valence electrons. The first-order valence-electron chi connectivity index (χ1n) is 8.97. The second-order valence-corrected chi connectivity index (χ2v) is 10.3. The molecule has 6 nitrogen and oxygen atoms in total. The number of aliphatic hydroxyl groups is 1. The van der Waals surface area contributed by atoms with E-state index in [0.29, 0.717) is 0 Å². The quantitative estimate of drug-likeness (QED) is 0.602. The van der Waals surface area contributed by atoms with Gasteiger partial charge in [0.1, 0.15) is 28.6 Å². The first-order chi connectivity index (χ1) is 15.0. The number of benzene rings is 2. The molecule has 0 aliphatic carbocycles. The summed E-state index contributed by atoms with van der Waals surface area (Å²) >= 11 is 6.00. The number of rotatable bonds is 6. The monoisotopic (exact) mass is 510 g/mol. The zero-order valence-corrected chi connectivity index (χ0v) is 18.4. The van der Waals surface area contributed by atoms with Crippen LogP contribution in [0.3, 0.4) is 0 Å². The molecule has 0 aromatic heterocycles. The zero-order chi connectivity index (χ0) is 23.6. The predicted octanol–water partition coefficient (Wildman–Crippen LogP) is 3.37. The van der Waals surface area contributed by atoms with Crippen LogP contribution in [-0.4, -0.2) is 49.1 Å². The fourth-order valence-electron chi connectivity index (χ4n) is 3.20. The maximum absolute atomic E-state index is 13.9. The number of hydrogen-bond acceptors (Lipinski definition) is 5. The highest BCUT2D eigenvalue weighted by molar-refractivity contribution is 7.86. The first kappa shape index (κ1) is 24.6. The van der Waals surface area contributed by atoms with Crippen molar-refractivity contribution in [2.45, 2.75) is 21.4 Å². The van der Waals surface area contributed by atoms with Crippen LogP contribution in [0, 0.1) is 23.1 Å². The third kappa shape index (κ3) is 5.47. The number of aliphatic hydroxyl groups excluding tert-OH is 1. The molecule has 2 aromatic rings. The molecule has 1 aliphatic heterocycles. The van der Waals surface area contributed by atoms with Crippen LogP contribution in [0.25, 0.3) is 0 Å². The van der Waals surface area contributed by atoms with Crippen LogP contribution >= 0.6 is 11.6 Å². The van der Waals surface area contributed by atoms with Crippen molar-refractivity contribution in [1.29, 1.82) is 5.26 Å². The second kappa shape index (κ2) is 9.84. The molecule has 3 unspecified atom stereocenters. The summed E-state index contributed by atoms with van der Waals surface area (Å²) in [6.45, 7) is -0.326. The van der Waals surface area contributed by atoms with E-state index in [-0.39, 0.29) is 40.1 Å². The molecule has 1 heterocycles. The molecule has 0 saturated carbocycles. The lowest BCUT2D eigenvalue weighted by Crippen LogP contribution is -2.28. The van der Waals surface area contributed by atoms with Gasteiger partial charge in [0, 0.05) is 36.6 Å². The van der Waals surface area contributed by atoms with Crippen molar-refractivity contribution in [2.75, 3.05) is 19.7 Å². The van der Waals surface area contributed by atoms with Gasteiger partial charge in [-0.15, -0.1) is 13.2 Å². The van der Waals surface area contributed by atoms with Gasteiger partial charge in [0.25, 0.3) is 0 Å². The smallest absolute Gasteiger partial charge is 0.406 e. The Kier molecular flexibility index (Phi) is 7.57. The van der Waals surface area contributed by atoms with E-state index in [4.69, 9.17) is 16.9 Å². The molecule has 0 bridgehead atoms. The van der Waals surface area contributed by atoms with Crippen molar-refractivity contribution in [3.63, 3.8) is 0 Å². The van der Waals surface area contributed by atoms with E-state index >= 15 is 0 Å². The van der Waals surface area contributed by atoms with Gasteiger partial charge >= 0.3 is 6.36 Å². The molecule has 1 fully saturated rings. The van der Waals surface area contributed by atoms with Crippen LogP contribution in [-0.2, 0) is 21.8 Å². The van der Waals surface area contributed by atoms with Crippen LogP contribution in [0.4, 0.5) is 17.6 Å². The van der Waals surface area contributed by atoms with Crippen LogP contribution in [0.1, 0.15) is 5.56 Å². The van der Waals surface area contributed by atoms with Gasteiger partial charge in [-0.25, -0.2) is 12.9 Å². The molecule has 2 aromatic carbocycles. The average molecular weight is 511 g/mol. The molecule has 3 rings (SSSR count). The van der Waals surface area contributed by atoms with Gasteiger partial charge in [0.15, 0.2) is 0 Å². The molecule has 1 saturated heterocycles. The molecule has 0 spiro atoms. The Bertz CT molecular complexity index is 1110. The number of halogens is 5. The Morgan fingerprint density at radius 2 is 1.94 bits per heavy atom. The maximum Gasteiger partial charge on any atom is 0.573 e. The van der Waals surface area contributed by atoms with E-state index in [1.54, 1.807) is 6.07 Å². The summed E-state index contributed by atoms with van der Waals surface area (Å²) in [5.74, 6) is -1.96. The van der Waals surface area contributed by atoms with E-state index in [9.17, 15) is 31.1 Å². The highest BCUT2D eigenvalue weighted by Crippen LogP contribution is 2.33. The molecule has 13 heteroatoms. The molecule has 0 amide bonds. The number of ether oxygens (including phenoxy) is 1. The normalized spacial score (nSPS) is 21.2. The van der Waals surface area contributed by atoms with Crippen molar-refractivity contribution in [3.8, 4) is 11.8 Å². The summed E-state index contributed by atoms with van der Waals surface area (Å²) in [5, 5.41) is 17.6. The highest BCUT2D eigenvalue weighted by Gasteiger charge is 2.40.